The minimum Gasteiger partial charge on any atom is -0.340 e. The van der Waals surface area contributed by atoms with E-state index in [-0.39, 0.29) is 23.4 Å². The molecule has 2 amide bonds. The van der Waals surface area contributed by atoms with Gasteiger partial charge in [0.25, 0.3) is 0 Å². The summed E-state index contributed by atoms with van der Waals surface area (Å²) in [4.78, 5) is 27.3. The lowest BCUT2D eigenvalue weighted by Gasteiger charge is -2.56. The summed E-state index contributed by atoms with van der Waals surface area (Å²) < 4.78 is 0. The summed E-state index contributed by atoms with van der Waals surface area (Å²) in [5, 5.41) is 3.00. The Bertz CT molecular complexity index is 384. The maximum absolute atomic E-state index is 13.0. The Balaban J connectivity index is 2.40. The van der Waals surface area contributed by atoms with Crippen molar-refractivity contribution in [3.63, 3.8) is 0 Å². The van der Waals surface area contributed by atoms with Crippen LogP contribution in [0.25, 0.3) is 0 Å². The molecule has 1 aliphatic heterocycles. The Hall–Kier alpha value is -1.06. The van der Waals surface area contributed by atoms with Gasteiger partial charge in [-0.3, -0.25) is 9.59 Å². The molecule has 2 rings (SSSR count). The molecule has 0 bridgehead atoms. The molecule has 1 N–H and O–H groups in total. The summed E-state index contributed by atoms with van der Waals surface area (Å²) in [6.45, 7) is 8.08. The van der Waals surface area contributed by atoms with E-state index in [1.54, 1.807) is 0 Å². The van der Waals surface area contributed by atoms with Gasteiger partial charge in [0.2, 0.25) is 11.8 Å². The number of hydrogen-bond donors (Lipinski definition) is 1. The van der Waals surface area contributed by atoms with Crippen molar-refractivity contribution in [2.24, 2.45) is 0 Å². The van der Waals surface area contributed by atoms with E-state index in [1.807, 2.05) is 25.7 Å². The number of carbonyl (C=O) groups excluding carboxylic acids is 2. The summed E-state index contributed by atoms with van der Waals surface area (Å²) in [5.41, 5.74) is -0.785. The van der Waals surface area contributed by atoms with Gasteiger partial charge in [0.15, 0.2) is 0 Å². The fourth-order valence-corrected chi connectivity index (χ4v) is 3.51. The third-order valence-electron chi connectivity index (χ3n) is 5.21. The Morgan fingerprint density at radius 2 is 1.79 bits per heavy atom. The topological polar surface area (TPSA) is 49.4 Å². The van der Waals surface area contributed by atoms with Crippen molar-refractivity contribution < 1.29 is 9.59 Å². The first-order valence-electron chi connectivity index (χ1n) is 7.60. The van der Waals surface area contributed by atoms with E-state index in [4.69, 9.17) is 0 Å². The van der Waals surface area contributed by atoms with E-state index in [1.165, 1.54) is 0 Å². The van der Waals surface area contributed by atoms with Crippen LogP contribution in [0.2, 0.25) is 0 Å². The lowest BCUT2D eigenvalue weighted by atomic mass is 9.73. The molecule has 1 unspecified atom stereocenters. The van der Waals surface area contributed by atoms with Gasteiger partial charge in [-0.25, -0.2) is 0 Å². The zero-order valence-corrected chi connectivity index (χ0v) is 12.6. The predicted molar refractivity (Wildman–Crippen MR) is 74.6 cm³/mol. The summed E-state index contributed by atoms with van der Waals surface area (Å²) >= 11 is 0. The number of rotatable bonds is 4. The largest absolute Gasteiger partial charge is 0.340 e. The second-order valence-electron chi connectivity index (χ2n) is 6.23. The molecule has 1 aliphatic carbocycles. The predicted octanol–water partition coefficient (Wildman–Crippen LogP) is 2.22. The zero-order chi connectivity index (χ0) is 14.3. The number of amides is 2. The minimum atomic E-state index is -0.679. The smallest absolute Gasteiger partial charge is 0.249 e. The van der Waals surface area contributed by atoms with Crippen LogP contribution in [0, 0.1) is 0 Å². The van der Waals surface area contributed by atoms with Crippen molar-refractivity contribution >= 4 is 11.8 Å². The quantitative estimate of drug-likeness (QED) is 0.848. The van der Waals surface area contributed by atoms with Crippen molar-refractivity contribution in [2.75, 3.05) is 0 Å². The Morgan fingerprint density at radius 3 is 2.16 bits per heavy atom. The van der Waals surface area contributed by atoms with E-state index < -0.39 is 5.54 Å². The van der Waals surface area contributed by atoms with Crippen LogP contribution >= 0.6 is 0 Å². The Kier molecular flexibility index (Phi) is 3.63. The Labute approximate surface area is 115 Å². The number of piperazine rings is 1. The van der Waals surface area contributed by atoms with E-state index in [2.05, 4.69) is 12.2 Å². The van der Waals surface area contributed by atoms with Crippen LogP contribution in [-0.2, 0) is 9.59 Å². The molecule has 0 aromatic heterocycles. The molecule has 1 saturated heterocycles. The SMILES string of the molecule is CCC1C(=O)NC(CC)(CC)C(=O)N1C1(C)CCC1. The van der Waals surface area contributed by atoms with Gasteiger partial charge in [-0.2, -0.15) is 0 Å². The average Bonchev–Trinajstić information content (AvgIpc) is 2.38. The van der Waals surface area contributed by atoms with E-state index in [9.17, 15) is 9.59 Å². The van der Waals surface area contributed by atoms with Gasteiger partial charge in [-0.1, -0.05) is 20.8 Å². The normalized spacial score (nSPS) is 28.8. The summed E-state index contributed by atoms with van der Waals surface area (Å²) in [6.07, 6.45) is 5.21. The van der Waals surface area contributed by atoms with Crippen molar-refractivity contribution in [1.82, 2.24) is 10.2 Å². The second-order valence-corrected chi connectivity index (χ2v) is 6.23. The molecule has 108 valence electrons. The molecule has 2 fully saturated rings. The second kappa shape index (κ2) is 4.80. The van der Waals surface area contributed by atoms with Crippen LogP contribution in [0.3, 0.4) is 0 Å². The highest BCUT2D eigenvalue weighted by atomic mass is 16.2. The molecule has 1 saturated carbocycles. The highest BCUT2D eigenvalue weighted by Crippen LogP contribution is 2.42. The summed E-state index contributed by atoms with van der Waals surface area (Å²) in [7, 11) is 0. The van der Waals surface area contributed by atoms with Crippen LogP contribution in [0.5, 0.6) is 0 Å². The number of hydrogen-bond acceptors (Lipinski definition) is 2. The maximum Gasteiger partial charge on any atom is 0.249 e. The van der Waals surface area contributed by atoms with Crippen molar-refractivity contribution in [3.8, 4) is 0 Å². The zero-order valence-electron chi connectivity index (χ0n) is 12.6. The molecule has 0 aromatic rings. The van der Waals surface area contributed by atoms with Gasteiger partial charge < -0.3 is 10.2 Å². The first kappa shape index (κ1) is 14.4. The van der Waals surface area contributed by atoms with Crippen LogP contribution in [-0.4, -0.2) is 33.8 Å². The average molecular weight is 266 g/mol. The molecule has 19 heavy (non-hydrogen) atoms. The standard InChI is InChI=1S/C15H26N2O2/c1-5-11-12(18)16-15(6-2,7-3)13(19)17(11)14(4)9-8-10-14/h11H,5-10H2,1-4H3,(H,16,18). The van der Waals surface area contributed by atoms with Gasteiger partial charge in [-0.15, -0.1) is 0 Å². The van der Waals surface area contributed by atoms with Gasteiger partial charge in [0.05, 0.1) is 0 Å². The maximum atomic E-state index is 13.0. The van der Waals surface area contributed by atoms with E-state index in [0.29, 0.717) is 19.3 Å². The molecule has 1 heterocycles. The van der Waals surface area contributed by atoms with Gasteiger partial charge in [-0.05, 0) is 45.4 Å². The fraction of sp³-hybridized carbons (Fsp3) is 0.867. The summed E-state index contributed by atoms with van der Waals surface area (Å²) in [6, 6.07) is -0.288. The van der Waals surface area contributed by atoms with Gasteiger partial charge in [0.1, 0.15) is 11.6 Å². The molecular weight excluding hydrogens is 240 g/mol. The molecule has 1 atom stereocenters. The van der Waals surface area contributed by atoms with Crippen LogP contribution in [0.1, 0.15) is 66.2 Å². The van der Waals surface area contributed by atoms with Crippen LogP contribution in [0.15, 0.2) is 0 Å². The lowest BCUT2D eigenvalue weighted by molar-refractivity contribution is -0.167. The van der Waals surface area contributed by atoms with Crippen molar-refractivity contribution in [3.05, 3.63) is 0 Å². The van der Waals surface area contributed by atoms with Crippen molar-refractivity contribution in [2.45, 2.75) is 83.3 Å². The summed E-state index contributed by atoms with van der Waals surface area (Å²) in [5.74, 6) is 0.157. The van der Waals surface area contributed by atoms with Crippen LogP contribution in [0.4, 0.5) is 0 Å². The number of nitrogens with zero attached hydrogens (tertiary/aromatic N) is 1. The molecule has 0 spiro atoms. The molecule has 4 heteroatoms. The first-order valence-corrected chi connectivity index (χ1v) is 7.60. The van der Waals surface area contributed by atoms with Gasteiger partial charge in [0, 0.05) is 5.54 Å². The number of nitrogens with one attached hydrogen (secondary N) is 1. The minimum absolute atomic E-state index is 0.0268. The molecule has 2 aliphatic rings. The number of carbonyl (C=O) groups is 2. The van der Waals surface area contributed by atoms with E-state index in [0.717, 1.165) is 19.3 Å². The molecular formula is C15H26N2O2. The van der Waals surface area contributed by atoms with Crippen LogP contribution < -0.4 is 5.32 Å². The third-order valence-corrected chi connectivity index (χ3v) is 5.21. The fourth-order valence-electron chi connectivity index (χ4n) is 3.51. The van der Waals surface area contributed by atoms with Crippen molar-refractivity contribution in [1.29, 1.82) is 0 Å². The Morgan fingerprint density at radius 1 is 1.21 bits per heavy atom. The molecule has 0 aromatic carbocycles. The lowest BCUT2D eigenvalue weighted by Crippen LogP contribution is -2.75. The monoisotopic (exact) mass is 266 g/mol. The molecule has 4 nitrogen and oxygen atoms in total. The third kappa shape index (κ3) is 1.96. The van der Waals surface area contributed by atoms with E-state index >= 15 is 0 Å². The highest BCUT2D eigenvalue weighted by molar-refractivity contribution is 6.00. The highest BCUT2D eigenvalue weighted by Gasteiger charge is 2.55. The first-order chi connectivity index (χ1) is 8.94. The van der Waals surface area contributed by atoms with Gasteiger partial charge >= 0.3 is 0 Å². The molecule has 0 radical (unpaired) electrons.